The molecule has 1 saturated carbocycles. The Hall–Kier alpha value is -0.960. The van der Waals surface area contributed by atoms with Crippen LogP contribution in [0.15, 0.2) is 18.2 Å². The first-order valence-corrected chi connectivity index (χ1v) is 6.91. The average molecular weight is 253 g/mol. The summed E-state index contributed by atoms with van der Waals surface area (Å²) in [5.74, 6) is -0.818. The SMILES string of the molecule is CCCNC1CCCCC1c1c(F)cccc1F. The predicted octanol–water partition coefficient (Wildman–Crippen LogP) is 3.99. The number of benzene rings is 1. The molecule has 1 nitrogen and oxygen atoms in total. The predicted molar refractivity (Wildman–Crippen MR) is 69.6 cm³/mol. The van der Waals surface area contributed by atoms with Crippen LogP contribution < -0.4 is 5.32 Å². The maximum absolute atomic E-state index is 13.9. The zero-order valence-corrected chi connectivity index (χ0v) is 10.9. The molecular formula is C15H21F2N. The van der Waals surface area contributed by atoms with Crippen LogP contribution in [0.1, 0.15) is 50.5 Å². The van der Waals surface area contributed by atoms with Gasteiger partial charge in [-0.25, -0.2) is 8.78 Å². The van der Waals surface area contributed by atoms with Crippen LogP contribution in [0.4, 0.5) is 8.78 Å². The Morgan fingerprint density at radius 3 is 2.50 bits per heavy atom. The summed E-state index contributed by atoms with van der Waals surface area (Å²) in [5, 5.41) is 3.44. The van der Waals surface area contributed by atoms with E-state index in [1.165, 1.54) is 18.2 Å². The van der Waals surface area contributed by atoms with Crippen molar-refractivity contribution in [3.8, 4) is 0 Å². The molecule has 0 radical (unpaired) electrons. The smallest absolute Gasteiger partial charge is 0.129 e. The quantitative estimate of drug-likeness (QED) is 0.855. The van der Waals surface area contributed by atoms with E-state index in [4.69, 9.17) is 0 Å². The average Bonchev–Trinajstić information content (AvgIpc) is 2.37. The fraction of sp³-hybridized carbons (Fsp3) is 0.600. The van der Waals surface area contributed by atoms with Crippen molar-refractivity contribution >= 4 is 0 Å². The summed E-state index contributed by atoms with van der Waals surface area (Å²) in [4.78, 5) is 0. The second-order valence-corrected chi connectivity index (χ2v) is 5.09. The highest BCUT2D eigenvalue weighted by atomic mass is 19.1. The van der Waals surface area contributed by atoms with Crippen LogP contribution in [-0.4, -0.2) is 12.6 Å². The van der Waals surface area contributed by atoms with E-state index in [-0.39, 0.29) is 17.5 Å². The van der Waals surface area contributed by atoms with Crippen LogP contribution in [0.2, 0.25) is 0 Å². The van der Waals surface area contributed by atoms with Crippen molar-refractivity contribution in [2.45, 2.75) is 51.0 Å². The Bertz CT molecular complexity index is 372. The molecule has 0 amide bonds. The number of nitrogens with one attached hydrogen (secondary N) is 1. The molecule has 0 saturated heterocycles. The summed E-state index contributed by atoms with van der Waals surface area (Å²) >= 11 is 0. The van der Waals surface area contributed by atoms with E-state index >= 15 is 0 Å². The van der Waals surface area contributed by atoms with Gasteiger partial charge in [-0.2, -0.15) is 0 Å². The molecule has 100 valence electrons. The molecule has 0 bridgehead atoms. The Labute approximate surface area is 108 Å². The second-order valence-electron chi connectivity index (χ2n) is 5.09. The minimum atomic E-state index is -0.398. The third kappa shape index (κ3) is 2.89. The lowest BCUT2D eigenvalue weighted by molar-refractivity contribution is 0.315. The van der Waals surface area contributed by atoms with E-state index in [0.29, 0.717) is 0 Å². The second kappa shape index (κ2) is 6.28. The van der Waals surface area contributed by atoms with E-state index in [9.17, 15) is 8.78 Å². The molecule has 1 aromatic carbocycles. The minimum absolute atomic E-state index is 0.0218. The molecule has 2 unspecified atom stereocenters. The van der Waals surface area contributed by atoms with Gasteiger partial charge < -0.3 is 5.32 Å². The van der Waals surface area contributed by atoms with Crippen LogP contribution in [-0.2, 0) is 0 Å². The van der Waals surface area contributed by atoms with E-state index < -0.39 is 11.6 Å². The maximum atomic E-state index is 13.9. The first-order chi connectivity index (χ1) is 8.74. The molecule has 0 heterocycles. The molecule has 0 aromatic heterocycles. The van der Waals surface area contributed by atoms with Crippen molar-refractivity contribution in [2.75, 3.05) is 6.54 Å². The van der Waals surface area contributed by atoms with Crippen LogP contribution >= 0.6 is 0 Å². The molecule has 1 aromatic rings. The molecular weight excluding hydrogens is 232 g/mol. The molecule has 1 aliphatic rings. The van der Waals surface area contributed by atoms with Crippen molar-refractivity contribution in [1.29, 1.82) is 0 Å². The van der Waals surface area contributed by atoms with Gasteiger partial charge in [0.15, 0.2) is 0 Å². The Morgan fingerprint density at radius 2 is 1.83 bits per heavy atom. The fourth-order valence-corrected chi connectivity index (χ4v) is 2.92. The highest BCUT2D eigenvalue weighted by Crippen LogP contribution is 2.35. The summed E-state index contributed by atoms with van der Waals surface area (Å²) in [6.07, 6.45) is 5.14. The number of hydrogen-bond donors (Lipinski definition) is 1. The lowest BCUT2D eigenvalue weighted by atomic mass is 9.79. The van der Waals surface area contributed by atoms with Gasteiger partial charge >= 0.3 is 0 Å². The number of halogens is 2. The Morgan fingerprint density at radius 1 is 1.17 bits per heavy atom. The van der Waals surface area contributed by atoms with Gasteiger partial charge in [-0.3, -0.25) is 0 Å². The van der Waals surface area contributed by atoms with Crippen LogP contribution in [0.3, 0.4) is 0 Å². The molecule has 1 fully saturated rings. The van der Waals surface area contributed by atoms with Gasteiger partial charge in [0.2, 0.25) is 0 Å². The molecule has 2 atom stereocenters. The molecule has 0 aliphatic heterocycles. The van der Waals surface area contributed by atoms with Crippen molar-refractivity contribution in [2.24, 2.45) is 0 Å². The van der Waals surface area contributed by atoms with Crippen molar-refractivity contribution in [3.05, 3.63) is 35.4 Å². The first kappa shape index (κ1) is 13.5. The fourth-order valence-electron chi connectivity index (χ4n) is 2.92. The monoisotopic (exact) mass is 253 g/mol. The Kier molecular flexibility index (Phi) is 4.70. The van der Waals surface area contributed by atoms with Gasteiger partial charge in [0.25, 0.3) is 0 Å². The molecule has 1 N–H and O–H groups in total. The third-order valence-electron chi connectivity index (χ3n) is 3.79. The van der Waals surface area contributed by atoms with Gasteiger partial charge in [0.05, 0.1) is 0 Å². The van der Waals surface area contributed by atoms with E-state index in [1.54, 1.807) is 0 Å². The molecule has 2 rings (SSSR count). The number of rotatable bonds is 4. The minimum Gasteiger partial charge on any atom is -0.313 e. The zero-order valence-electron chi connectivity index (χ0n) is 10.9. The molecule has 3 heteroatoms. The van der Waals surface area contributed by atoms with Gasteiger partial charge in [0.1, 0.15) is 11.6 Å². The normalized spacial score (nSPS) is 24.2. The van der Waals surface area contributed by atoms with Crippen molar-refractivity contribution in [1.82, 2.24) is 5.32 Å². The summed E-state index contributed by atoms with van der Waals surface area (Å²) in [7, 11) is 0. The molecule has 18 heavy (non-hydrogen) atoms. The zero-order chi connectivity index (χ0) is 13.0. The lowest BCUT2D eigenvalue weighted by Gasteiger charge is -2.33. The van der Waals surface area contributed by atoms with Crippen LogP contribution in [0.25, 0.3) is 0 Å². The van der Waals surface area contributed by atoms with Gasteiger partial charge in [-0.1, -0.05) is 25.8 Å². The summed E-state index contributed by atoms with van der Waals surface area (Å²) in [5.41, 5.74) is 0.283. The number of hydrogen-bond acceptors (Lipinski definition) is 1. The first-order valence-electron chi connectivity index (χ1n) is 6.91. The van der Waals surface area contributed by atoms with E-state index in [0.717, 1.165) is 38.6 Å². The van der Waals surface area contributed by atoms with Gasteiger partial charge in [-0.15, -0.1) is 0 Å². The third-order valence-corrected chi connectivity index (χ3v) is 3.79. The summed E-state index contributed by atoms with van der Waals surface area (Å²) in [6, 6.07) is 4.38. The van der Waals surface area contributed by atoms with Crippen molar-refractivity contribution in [3.63, 3.8) is 0 Å². The van der Waals surface area contributed by atoms with Crippen LogP contribution in [0, 0.1) is 11.6 Å². The molecule has 1 aliphatic carbocycles. The summed E-state index contributed by atoms with van der Waals surface area (Å²) < 4.78 is 27.7. The van der Waals surface area contributed by atoms with Gasteiger partial charge in [-0.05, 0) is 37.9 Å². The Balaban J connectivity index is 2.22. The standard InChI is InChI=1S/C15H21F2N/c1-2-10-18-14-9-4-3-6-11(14)15-12(16)7-5-8-13(15)17/h5,7-8,11,14,18H,2-4,6,9-10H2,1H3. The van der Waals surface area contributed by atoms with Crippen molar-refractivity contribution < 1.29 is 8.78 Å². The van der Waals surface area contributed by atoms with E-state index in [1.807, 2.05) is 0 Å². The maximum Gasteiger partial charge on any atom is 0.129 e. The highest BCUT2D eigenvalue weighted by Gasteiger charge is 2.30. The van der Waals surface area contributed by atoms with Gasteiger partial charge in [0, 0.05) is 17.5 Å². The van der Waals surface area contributed by atoms with Crippen LogP contribution in [0.5, 0.6) is 0 Å². The molecule has 0 spiro atoms. The lowest BCUT2D eigenvalue weighted by Crippen LogP contribution is -2.38. The largest absolute Gasteiger partial charge is 0.313 e. The summed E-state index contributed by atoms with van der Waals surface area (Å²) in [6.45, 7) is 3.02. The van der Waals surface area contributed by atoms with E-state index in [2.05, 4.69) is 12.2 Å². The highest BCUT2D eigenvalue weighted by molar-refractivity contribution is 5.26. The topological polar surface area (TPSA) is 12.0 Å².